The summed E-state index contributed by atoms with van der Waals surface area (Å²) >= 11 is 0. The number of pyridine rings is 1. The molecule has 0 atom stereocenters. The van der Waals surface area contributed by atoms with E-state index < -0.39 is 0 Å². The number of hydrogen-bond acceptors (Lipinski definition) is 6. The molecule has 25 heavy (non-hydrogen) atoms. The fourth-order valence-electron chi connectivity index (χ4n) is 2.41. The maximum Gasteiger partial charge on any atom is 0.239 e. The van der Waals surface area contributed by atoms with E-state index in [1.54, 1.807) is 18.3 Å². The molecule has 0 saturated carbocycles. The van der Waals surface area contributed by atoms with Crippen LogP contribution in [-0.2, 0) is 14.3 Å². The van der Waals surface area contributed by atoms with Crippen LogP contribution in [0.4, 0.5) is 0 Å². The normalized spacial score (nSPS) is 14.7. The van der Waals surface area contributed by atoms with Crippen LogP contribution in [0.25, 0.3) is 0 Å². The molecule has 0 unspecified atom stereocenters. The van der Waals surface area contributed by atoms with Crippen LogP contribution in [0.2, 0.25) is 0 Å². The third-order valence-electron chi connectivity index (χ3n) is 3.86. The van der Waals surface area contributed by atoms with Gasteiger partial charge in [0.25, 0.3) is 0 Å². The van der Waals surface area contributed by atoms with Gasteiger partial charge in [0.05, 0.1) is 19.8 Å². The molecule has 0 spiro atoms. The van der Waals surface area contributed by atoms with Gasteiger partial charge in [-0.3, -0.25) is 24.3 Å². The molecular weight excluding hydrogens is 324 g/mol. The molecule has 0 aliphatic carbocycles. The van der Waals surface area contributed by atoms with Crippen molar-refractivity contribution < 1.29 is 19.1 Å². The summed E-state index contributed by atoms with van der Waals surface area (Å²) in [5.41, 5.74) is 0.483. The number of amides is 2. The highest BCUT2D eigenvalue weighted by molar-refractivity contribution is 5.97. The van der Waals surface area contributed by atoms with Gasteiger partial charge in [-0.15, -0.1) is 0 Å². The Morgan fingerprint density at radius 2 is 1.92 bits per heavy atom. The number of ether oxygens (including phenoxy) is 1. The lowest BCUT2D eigenvalue weighted by Crippen LogP contribution is -2.43. The van der Waals surface area contributed by atoms with E-state index in [9.17, 15) is 14.4 Å². The largest absolute Gasteiger partial charge is 0.379 e. The van der Waals surface area contributed by atoms with Crippen molar-refractivity contribution in [2.24, 2.45) is 0 Å². The van der Waals surface area contributed by atoms with Crippen LogP contribution >= 0.6 is 0 Å². The lowest BCUT2D eigenvalue weighted by atomic mass is 10.1. The molecule has 0 aromatic carbocycles. The number of rotatable bonds is 9. The summed E-state index contributed by atoms with van der Waals surface area (Å²) in [6.07, 6.45) is 3.20. The lowest BCUT2D eigenvalue weighted by molar-refractivity contribution is -0.126. The van der Waals surface area contributed by atoms with E-state index in [1.807, 2.05) is 0 Å². The van der Waals surface area contributed by atoms with Crippen LogP contribution in [0, 0.1) is 0 Å². The summed E-state index contributed by atoms with van der Waals surface area (Å²) in [7, 11) is 0. The summed E-state index contributed by atoms with van der Waals surface area (Å²) in [4.78, 5) is 41.4. The van der Waals surface area contributed by atoms with Crippen molar-refractivity contribution >= 4 is 17.6 Å². The van der Waals surface area contributed by atoms with Gasteiger partial charge in [0.15, 0.2) is 5.78 Å². The number of nitrogens with zero attached hydrogens (tertiary/aromatic N) is 2. The minimum Gasteiger partial charge on any atom is -0.379 e. The molecule has 1 fully saturated rings. The van der Waals surface area contributed by atoms with Gasteiger partial charge in [0, 0.05) is 57.0 Å². The maximum absolute atomic E-state index is 11.9. The van der Waals surface area contributed by atoms with Crippen LogP contribution < -0.4 is 10.6 Å². The first-order chi connectivity index (χ1) is 12.1. The van der Waals surface area contributed by atoms with Crippen molar-refractivity contribution in [3.8, 4) is 0 Å². The van der Waals surface area contributed by atoms with Crippen molar-refractivity contribution in [1.29, 1.82) is 0 Å². The van der Waals surface area contributed by atoms with Gasteiger partial charge < -0.3 is 15.4 Å². The molecule has 136 valence electrons. The average molecular weight is 348 g/mol. The van der Waals surface area contributed by atoms with Crippen molar-refractivity contribution in [3.05, 3.63) is 30.1 Å². The number of morpholine rings is 1. The first kappa shape index (κ1) is 19.0. The average Bonchev–Trinajstić information content (AvgIpc) is 2.66. The molecule has 2 rings (SSSR count). The number of carbonyl (C=O) groups excluding carboxylic acids is 3. The second kappa shape index (κ2) is 10.5. The van der Waals surface area contributed by atoms with E-state index in [0.29, 0.717) is 12.1 Å². The van der Waals surface area contributed by atoms with E-state index in [0.717, 1.165) is 32.8 Å². The third-order valence-corrected chi connectivity index (χ3v) is 3.86. The number of hydrogen-bond donors (Lipinski definition) is 2. The third kappa shape index (κ3) is 7.40. The van der Waals surface area contributed by atoms with Gasteiger partial charge in [-0.05, 0) is 12.1 Å². The second-order valence-electron chi connectivity index (χ2n) is 5.75. The van der Waals surface area contributed by atoms with Crippen molar-refractivity contribution in [1.82, 2.24) is 20.5 Å². The van der Waals surface area contributed by atoms with Crippen LogP contribution in [0.15, 0.2) is 24.5 Å². The minimum atomic E-state index is -0.319. The molecule has 2 heterocycles. The Labute approximate surface area is 146 Å². The van der Waals surface area contributed by atoms with Gasteiger partial charge in [0.1, 0.15) is 0 Å². The number of aromatic nitrogens is 1. The molecule has 1 aromatic heterocycles. The molecule has 1 aromatic rings. The highest BCUT2D eigenvalue weighted by Gasteiger charge is 2.12. The topological polar surface area (TPSA) is 101 Å². The summed E-state index contributed by atoms with van der Waals surface area (Å²) in [5.74, 6) is -0.695. The quantitative estimate of drug-likeness (QED) is 0.590. The summed E-state index contributed by atoms with van der Waals surface area (Å²) in [5, 5.41) is 5.29. The summed E-state index contributed by atoms with van der Waals surface area (Å²) in [6, 6.07) is 3.34. The molecule has 0 radical (unpaired) electrons. The van der Waals surface area contributed by atoms with E-state index in [1.165, 1.54) is 6.20 Å². The Morgan fingerprint density at radius 3 is 2.64 bits per heavy atom. The highest BCUT2D eigenvalue weighted by Crippen LogP contribution is 2.03. The fourth-order valence-corrected chi connectivity index (χ4v) is 2.41. The first-order valence-electron chi connectivity index (χ1n) is 8.42. The Kier molecular flexibility index (Phi) is 8.00. The van der Waals surface area contributed by atoms with Crippen LogP contribution in [0.1, 0.15) is 23.2 Å². The zero-order valence-electron chi connectivity index (χ0n) is 14.2. The molecule has 1 aliphatic rings. The number of nitrogens with one attached hydrogen (secondary N) is 2. The first-order valence-corrected chi connectivity index (χ1v) is 8.42. The number of Topliss-reactive ketones (excluding diaryl/α,β-unsaturated/α-hetero) is 1. The Bertz CT molecular complexity index is 573. The molecule has 8 nitrogen and oxygen atoms in total. The van der Waals surface area contributed by atoms with Crippen molar-refractivity contribution in [3.63, 3.8) is 0 Å². The summed E-state index contributed by atoms with van der Waals surface area (Å²) in [6.45, 7) is 4.42. The van der Waals surface area contributed by atoms with Gasteiger partial charge in [-0.2, -0.15) is 0 Å². The molecular formula is C17H24N4O4. The van der Waals surface area contributed by atoms with Gasteiger partial charge >= 0.3 is 0 Å². The molecule has 1 aliphatic heterocycles. The fraction of sp³-hybridized carbons (Fsp3) is 0.529. The van der Waals surface area contributed by atoms with E-state index >= 15 is 0 Å². The Morgan fingerprint density at radius 1 is 1.12 bits per heavy atom. The van der Waals surface area contributed by atoms with E-state index in [4.69, 9.17) is 4.74 Å². The van der Waals surface area contributed by atoms with Gasteiger partial charge in [-0.25, -0.2) is 0 Å². The Hall–Kier alpha value is -2.32. The molecule has 2 amide bonds. The van der Waals surface area contributed by atoms with Crippen LogP contribution in [-0.4, -0.2) is 73.4 Å². The highest BCUT2D eigenvalue weighted by atomic mass is 16.5. The van der Waals surface area contributed by atoms with E-state index in [-0.39, 0.29) is 37.0 Å². The SMILES string of the molecule is O=C(CCC(=O)c1cccnc1)NCC(=O)NCCN1CCOCC1. The number of carbonyl (C=O) groups is 3. The zero-order valence-corrected chi connectivity index (χ0v) is 14.2. The van der Waals surface area contributed by atoms with Crippen LogP contribution in [0.5, 0.6) is 0 Å². The van der Waals surface area contributed by atoms with E-state index in [2.05, 4.69) is 20.5 Å². The van der Waals surface area contributed by atoms with Crippen LogP contribution in [0.3, 0.4) is 0 Å². The second-order valence-corrected chi connectivity index (χ2v) is 5.75. The molecule has 0 bridgehead atoms. The zero-order chi connectivity index (χ0) is 17.9. The predicted octanol–water partition coefficient (Wildman–Crippen LogP) is -0.391. The van der Waals surface area contributed by atoms with Gasteiger partial charge in [0.2, 0.25) is 11.8 Å². The minimum absolute atomic E-state index is 0.0504. The molecule has 1 saturated heterocycles. The monoisotopic (exact) mass is 348 g/mol. The lowest BCUT2D eigenvalue weighted by Gasteiger charge is -2.26. The van der Waals surface area contributed by atoms with Crippen molar-refractivity contribution in [2.75, 3.05) is 45.9 Å². The molecule has 2 N–H and O–H groups in total. The summed E-state index contributed by atoms with van der Waals surface area (Å²) < 4.78 is 5.26. The Balaban J connectivity index is 1.54. The number of ketones is 1. The standard InChI is InChI=1S/C17H24N4O4/c22-15(14-2-1-5-18-12-14)3-4-16(23)20-13-17(24)19-6-7-21-8-10-25-11-9-21/h1-2,5,12H,3-4,6-11,13H2,(H,19,24)(H,20,23). The predicted molar refractivity (Wildman–Crippen MR) is 91.1 cm³/mol. The van der Waals surface area contributed by atoms with Crippen molar-refractivity contribution in [2.45, 2.75) is 12.8 Å². The molecule has 8 heteroatoms. The van der Waals surface area contributed by atoms with Gasteiger partial charge in [-0.1, -0.05) is 0 Å². The smallest absolute Gasteiger partial charge is 0.239 e. The maximum atomic E-state index is 11.9.